The maximum atomic E-state index is 5.65. The molecule has 1 fully saturated rings. The van der Waals surface area contributed by atoms with Gasteiger partial charge in [-0.2, -0.15) is 0 Å². The zero-order valence-corrected chi connectivity index (χ0v) is 10.8. The minimum absolute atomic E-state index is 0.108. The number of ether oxygens (including phenoxy) is 2. The average molecular weight is 239 g/mol. The zero-order valence-electron chi connectivity index (χ0n) is 10.8. The Kier molecular flexibility index (Phi) is 3.86. The van der Waals surface area contributed by atoms with Crippen LogP contribution in [0.25, 0.3) is 0 Å². The monoisotopic (exact) mass is 239 g/mol. The van der Waals surface area contributed by atoms with E-state index in [9.17, 15) is 0 Å². The normalized spacial score (nSPS) is 17.1. The summed E-state index contributed by atoms with van der Waals surface area (Å²) < 4.78 is 16.2. The third kappa shape index (κ3) is 3.84. The fourth-order valence-electron chi connectivity index (χ4n) is 1.52. The molecule has 0 unspecified atom stereocenters. The lowest BCUT2D eigenvalue weighted by Gasteiger charge is -2.25. The lowest BCUT2D eigenvalue weighted by atomic mass is 10.1. The highest BCUT2D eigenvalue weighted by Gasteiger charge is 2.20. The largest absolute Gasteiger partial charge is 0.467 e. The van der Waals surface area contributed by atoms with E-state index in [0.29, 0.717) is 19.8 Å². The molecule has 4 heteroatoms. The van der Waals surface area contributed by atoms with Crippen molar-refractivity contribution in [1.29, 1.82) is 0 Å². The first kappa shape index (κ1) is 12.6. The van der Waals surface area contributed by atoms with E-state index in [-0.39, 0.29) is 11.6 Å². The van der Waals surface area contributed by atoms with Gasteiger partial charge in [-0.3, -0.25) is 0 Å². The van der Waals surface area contributed by atoms with E-state index in [4.69, 9.17) is 13.9 Å². The smallest absolute Gasteiger partial charge is 0.133 e. The summed E-state index contributed by atoms with van der Waals surface area (Å²) in [6.45, 7) is 9.19. The second-order valence-electron chi connectivity index (χ2n) is 5.44. The number of rotatable bonds is 5. The highest BCUT2D eigenvalue weighted by atomic mass is 16.6. The molecule has 0 aromatic carbocycles. The summed E-state index contributed by atoms with van der Waals surface area (Å²) >= 11 is 0. The van der Waals surface area contributed by atoms with Crippen LogP contribution in [0.2, 0.25) is 0 Å². The Morgan fingerprint density at radius 3 is 2.76 bits per heavy atom. The molecule has 1 aromatic heterocycles. The summed E-state index contributed by atoms with van der Waals surface area (Å²) in [6.07, 6.45) is 1.96. The Hall–Kier alpha value is -0.840. The van der Waals surface area contributed by atoms with E-state index in [1.165, 1.54) is 5.56 Å². The average Bonchev–Trinajstić information content (AvgIpc) is 2.59. The van der Waals surface area contributed by atoms with Crippen molar-refractivity contribution in [2.45, 2.75) is 45.6 Å². The molecule has 0 saturated carbocycles. The Morgan fingerprint density at radius 1 is 1.41 bits per heavy atom. The second kappa shape index (κ2) is 5.21. The fraction of sp³-hybridized carbons (Fsp3) is 0.692. The molecule has 1 N–H and O–H groups in total. The van der Waals surface area contributed by atoms with Crippen molar-refractivity contribution < 1.29 is 13.9 Å². The maximum absolute atomic E-state index is 5.65. The van der Waals surface area contributed by atoms with Gasteiger partial charge in [-0.05, 0) is 26.8 Å². The van der Waals surface area contributed by atoms with Crippen LogP contribution in [0.15, 0.2) is 16.7 Å². The molecule has 0 spiro atoms. The lowest BCUT2D eigenvalue weighted by Crippen LogP contribution is -2.36. The Labute approximate surface area is 102 Å². The molecule has 0 bridgehead atoms. The van der Waals surface area contributed by atoms with Gasteiger partial charge in [0.05, 0.1) is 19.5 Å². The molecule has 4 nitrogen and oxygen atoms in total. The fourth-order valence-corrected chi connectivity index (χ4v) is 1.52. The third-order valence-corrected chi connectivity index (χ3v) is 2.70. The van der Waals surface area contributed by atoms with Crippen LogP contribution in [0.1, 0.15) is 32.1 Å². The van der Waals surface area contributed by atoms with Crippen molar-refractivity contribution in [2.75, 3.05) is 13.2 Å². The molecule has 1 aliphatic rings. The van der Waals surface area contributed by atoms with E-state index in [1.54, 1.807) is 6.26 Å². The molecule has 2 rings (SSSR count). The van der Waals surface area contributed by atoms with Gasteiger partial charge in [0.1, 0.15) is 18.5 Å². The molecule has 2 heterocycles. The van der Waals surface area contributed by atoms with E-state index in [1.807, 2.05) is 6.07 Å². The van der Waals surface area contributed by atoms with Gasteiger partial charge in [-0.25, -0.2) is 0 Å². The first-order valence-corrected chi connectivity index (χ1v) is 6.04. The van der Waals surface area contributed by atoms with Gasteiger partial charge in [-0.15, -0.1) is 0 Å². The summed E-state index contributed by atoms with van der Waals surface area (Å²) in [5.41, 5.74) is 1.28. The highest BCUT2D eigenvalue weighted by Crippen LogP contribution is 2.16. The summed E-state index contributed by atoms with van der Waals surface area (Å²) in [7, 11) is 0. The van der Waals surface area contributed by atoms with Gasteiger partial charge < -0.3 is 19.2 Å². The van der Waals surface area contributed by atoms with Gasteiger partial charge in [-0.1, -0.05) is 0 Å². The van der Waals surface area contributed by atoms with Crippen molar-refractivity contribution in [3.05, 3.63) is 23.7 Å². The highest BCUT2D eigenvalue weighted by molar-refractivity contribution is 5.16. The molecule has 96 valence electrons. The van der Waals surface area contributed by atoms with Crippen LogP contribution in [-0.2, 0) is 22.6 Å². The second-order valence-corrected chi connectivity index (χ2v) is 5.44. The minimum atomic E-state index is 0.108. The molecule has 0 amide bonds. The Balaban J connectivity index is 1.82. The van der Waals surface area contributed by atoms with Crippen molar-refractivity contribution in [1.82, 2.24) is 5.32 Å². The first-order chi connectivity index (χ1) is 8.04. The summed E-state index contributed by atoms with van der Waals surface area (Å²) in [5, 5.41) is 3.44. The summed E-state index contributed by atoms with van der Waals surface area (Å²) in [5.74, 6) is 0.911. The maximum Gasteiger partial charge on any atom is 0.133 e. The third-order valence-electron chi connectivity index (χ3n) is 2.70. The molecular weight excluding hydrogens is 218 g/mol. The van der Waals surface area contributed by atoms with Gasteiger partial charge >= 0.3 is 0 Å². The van der Waals surface area contributed by atoms with Crippen molar-refractivity contribution >= 4 is 0 Å². The van der Waals surface area contributed by atoms with Gasteiger partial charge in [0.15, 0.2) is 0 Å². The summed E-state index contributed by atoms with van der Waals surface area (Å²) in [6, 6.07) is 1.99. The van der Waals surface area contributed by atoms with Gasteiger partial charge in [0.25, 0.3) is 0 Å². The lowest BCUT2D eigenvalue weighted by molar-refractivity contribution is -0.138. The molecular formula is C13H21NO3. The van der Waals surface area contributed by atoms with Crippen molar-refractivity contribution in [3.8, 4) is 0 Å². The standard InChI is InChI=1S/C13H21NO3/c1-13(2,3)14-6-10-4-5-16-12(10)9-17-11-7-15-8-11/h4-5,11,14H,6-9H2,1-3H3. The van der Waals surface area contributed by atoms with Crippen LogP contribution < -0.4 is 5.32 Å². The van der Waals surface area contributed by atoms with Crippen molar-refractivity contribution in [3.63, 3.8) is 0 Å². The number of nitrogens with one attached hydrogen (secondary N) is 1. The van der Waals surface area contributed by atoms with Crippen LogP contribution in [0.4, 0.5) is 0 Å². The molecule has 1 aliphatic heterocycles. The van der Waals surface area contributed by atoms with E-state index < -0.39 is 0 Å². The van der Waals surface area contributed by atoms with Gasteiger partial charge in [0, 0.05) is 17.6 Å². The van der Waals surface area contributed by atoms with Crippen LogP contribution in [-0.4, -0.2) is 24.9 Å². The Morgan fingerprint density at radius 2 is 2.18 bits per heavy atom. The quantitative estimate of drug-likeness (QED) is 0.854. The summed E-state index contributed by atoms with van der Waals surface area (Å²) in [4.78, 5) is 0. The minimum Gasteiger partial charge on any atom is -0.467 e. The van der Waals surface area contributed by atoms with Crippen LogP contribution >= 0.6 is 0 Å². The molecule has 0 radical (unpaired) electrons. The van der Waals surface area contributed by atoms with E-state index in [2.05, 4.69) is 26.1 Å². The SMILES string of the molecule is CC(C)(C)NCc1ccoc1COC1COC1. The molecule has 0 atom stereocenters. The number of furan rings is 1. The molecule has 1 aromatic rings. The predicted octanol–water partition coefficient (Wildman–Crippen LogP) is 2.08. The predicted molar refractivity (Wildman–Crippen MR) is 64.7 cm³/mol. The molecule has 17 heavy (non-hydrogen) atoms. The Bertz CT molecular complexity index is 350. The van der Waals surface area contributed by atoms with Crippen LogP contribution in [0.5, 0.6) is 0 Å². The first-order valence-electron chi connectivity index (χ1n) is 6.04. The molecule has 1 saturated heterocycles. The van der Waals surface area contributed by atoms with Crippen LogP contribution in [0, 0.1) is 0 Å². The van der Waals surface area contributed by atoms with Gasteiger partial charge in [0.2, 0.25) is 0 Å². The topological polar surface area (TPSA) is 43.6 Å². The number of hydrogen-bond acceptors (Lipinski definition) is 4. The number of hydrogen-bond donors (Lipinski definition) is 1. The van der Waals surface area contributed by atoms with Crippen LogP contribution in [0.3, 0.4) is 0 Å². The molecule has 0 aliphatic carbocycles. The van der Waals surface area contributed by atoms with Crippen molar-refractivity contribution in [2.24, 2.45) is 0 Å². The van der Waals surface area contributed by atoms with E-state index in [0.717, 1.165) is 12.3 Å². The zero-order chi connectivity index (χ0) is 12.3. The van der Waals surface area contributed by atoms with E-state index >= 15 is 0 Å².